The molecule has 7 aromatic rings. The Kier molecular flexibility index (Phi) is 8.79. The fourth-order valence-electron chi connectivity index (χ4n) is 7.98. The molecule has 2 aliphatic rings. The number of aromatic nitrogens is 2. The van der Waals surface area contributed by atoms with E-state index in [9.17, 15) is 0 Å². The summed E-state index contributed by atoms with van der Waals surface area (Å²) in [5.74, 6) is 1.14. The predicted molar refractivity (Wildman–Crippen MR) is 223 cm³/mol. The van der Waals surface area contributed by atoms with Crippen molar-refractivity contribution in [2.45, 2.75) is 27.9 Å². The van der Waals surface area contributed by atoms with E-state index in [1.54, 1.807) is 5.57 Å². The standard InChI is InChI=1S/C50H40N2S/c1-50(41-24-11-4-12-25-41,53(42-26-13-5-14-27-42)43-28-15-6-16-29-43)48-44-32-30-36(31-33-45(44)48)39-22-17-23-40(34-39)47-35-46(37-18-7-2-8-19-37)51-49(52-47)38-20-9-3-10-21-38/h2-32,34-35,45,53H,33H2,1H3/t45?,50-/m1/s1. The van der Waals surface area contributed by atoms with E-state index in [0.29, 0.717) is 5.92 Å². The van der Waals surface area contributed by atoms with Crippen molar-refractivity contribution in [3.63, 3.8) is 0 Å². The van der Waals surface area contributed by atoms with Gasteiger partial charge in [-0.25, -0.2) is 9.97 Å². The molecule has 0 radical (unpaired) electrons. The van der Waals surface area contributed by atoms with Crippen molar-refractivity contribution in [3.8, 4) is 33.9 Å². The summed E-state index contributed by atoms with van der Waals surface area (Å²) in [5.41, 5.74) is 11.9. The van der Waals surface area contributed by atoms with Crippen LogP contribution >= 0.6 is 10.9 Å². The molecule has 1 aromatic heterocycles. The molecular weight excluding hydrogens is 661 g/mol. The van der Waals surface area contributed by atoms with E-state index in [4.69, 9.17) is 9.97 Å². The van der Waals surface area contributed by atoms with Crippen LogP contribution < -0.4 is 0 Å². The van der Waals surface area contributed by atoms with Crippen molar-refractivity contribution in [1.82, 2.24) is 9.97 Å². The molecule has 0 fully saturated rings. The number of allylic oxidation sites excluding steroid dienone is 5. The molecule has 0 saturated heterocycles. The molecule has 2 aliphatic carbocycles. The quantitative estimate of drug-likeness (QED) is 0.152. The molecule has 1 unspecified atom stereocenters. The summed E-state index contributed by atoms with van der Waals surface area (Å²) >= 11 is 0. The fraction of sp³-hybridized carbons (Fsp3) is 0.0800. The maximum Gasteiger partial charge on any atom is 0.160 e. The van der Waals surface area contributed by atoms with Gasteiger partial charge in [0, 0.05) is 27.4 Å². The minimum absolute atomic E-state index is 0.158. The van der Waals surface area contributed by atoms with Crippen LogP contribution in [0.15, 0.2) is 221 Å². The summed E-state index contributed by atoms with van der Waals surface area (Å²) in [6, 6.07) is 65.1. The number of hydrogen-bond donors (Lipinski definition) is 1. The number of nitrogens with zero attached hydrogens (tertiary/aromatic N) is 2. The summed E-state index contributed by atoms with van der Waals surface area (Å²) in [5, 5.41) is 0. The topological polar surface area (TPSA) is 25.8 Å². The Balaban J connectivity index is 1.09. The number of rotatable bonds is 9. The van der Waals surface area contributed by atoms with E-state index in [2.05, 4.69) is 183 Å². The van der Waals surface area contributed by atoms with Gasteiger partial charge < -0.3 is 0 Å². The van der Waals surface area contributed by atoms with Gasteiger partial charge in [0.05, 0.1) is 11.4 Å². The van der Waals surface area contributed by atoms with E-state index in [-0.39, 0.29) is 4.75 Å². The van der Waals surface area contributed by atoms with Crippen LogP contribution in [0.4, 0.5) is 0 Å². The molecule has 0 spiro atoms. The van der Waals surface area contributed by atoms with Crippen LogP contribution in [0.1, 0.15) is 24.5 Å². The number of thiol groups is 1. The molecule has 0 N–H and O–H groups in total. The Morgan fingerprint density at radius 3 is 1.64 bits per heavy atom. The zero-order valence-electron chi connectivity index (χ0n) is 29.7. The van der Waals surface area contributed by atoms with E-state index in [1.165, 1.54) is 32.1 Å². The SMILES string of the molecule is C[C@](C1=C2C=CC(c3cccc(-c4cc(-c5ccccc5)nc(-c5ccccc5)n4)c3)=CCC21)(c1ccccc1)[SH](c1ccccc1)c1ccccc1. The highest BCUT2D eigenvalue weighted by Gasteiger charge is 2.50. The second kappa shape index (κ2) is 14.2. The molecule has 1 heterocycles. The zero-order chi connectivity index (χ0) is 35.6. The molecule has 2 nitrogen and oxygen atoms in total. The van der Waals surface area contributed by atoms with Crippen molar-refractivity contribution in [3.05, 3.63) is 222 Å². The first-order valence-electron chi connectivity index (χ1n) is 18.4. The first-order chi connectivity index (χ1) is 26.2. The monoisotopic (exact) mass is 700 g/mol. The summed E-state index contributed by atoms with van der Waals surface area (Å²) in [6.45, 7) is 2.50. The van der Waals surface area contributed by atoms with Gasteiger partial charge in [-0.3, -0.25) is 0 Å². The molecule has 9 rings (SSSR count). The normalized spacial score (nSPS) is 16.2. The van der Waals surface area contributed by atoms with Gasteiger partial charge in [-0.15, -0.1) is 0 Å². The number of hydrogen-bond acceptors (Lipinski definition) is 2. The van der Waals surface area contributed by atoms with E-state index >= 15 is 0 Å². The van der Waals surface area contributed by atoms with Gasteiger partial charge >= 0.3 is 0 Å². The van der Waals surface area contributed by atoms with Gasteiger partial charge in [-0.05, 0) is 87.4 Å². The minimum atomic E-state index is -0.744. The van der Waals surface area contributed by atoms with Gasteiger partial charge in [-0.1, -0.05) is 164 Å². The molecule has 0 bridgehead atoms. The summed E-state index contributed by atoms with van der Waals surface area (Å²) in [7, 11) is -0.744. The van der Waals surface area contributed by atoms with Crippen LogP contribution in [0.3, 0.4) is 0 Å². The van der Waals surface area contributed by atoms with Gasteiger partial charge in [0.1, 0.15) is 0 Å². The van der Waals surface area contributed by atoms with E-state index in [1.807, 2.05) is 24.3 Å². The molecule has 3 heteroatoms. The molecule has 6 aromatic carbocycles. The molecule has 2 atom stereocenters. The molecular formula is C50H40N2S. The van der Waals surface area contributed by atoms with E-state index < -0.39 is 10.9 Å². The van der Waals surface area contributed by atoms with Gasteiger partial charge in [0.25, 0.3) is 0 Å². The molecule has 0 aliphatic heterocycles. The zero-order valence-corrected chi connectivity index (χ0v) is 30.6. The van der Waals surface area contributed by atoms with Crippen LogP contribution in [-0.2, 0) is 4.75 Å². The lowest BCUT2D eigenvalue weighted by molar-refractivity contribution is 0.749. The average molecular weight is 701 g/mol. The van der Waals surface area contributed by atoms with Gasteiger partial charge in [0.15, 0.2) is 5.82 Å². The van der Waals surface area contributed by atoms with Crippen LogP contribution in [0, 0.1) is 5.92 Å². The van der Waals surface area contributed by atoms with Gasteiger partial charge in [-0.2, -0.15) is 10.9 Å². The molecule has 53 heavy (non-hydrogen) atoms. The summed E-state index contributed by atoms with van der Waals surface area (Å²) in [6.07, 6.45) is 8.17. The lowest BCUT2D eigenvalue weighted by atomic mass is 9.93. The lowest BCUT2D eigenvalue weighted by Gasteiger charge is -2.42. The Morgan fingerprint density at radius 1 is 0.509 bits per heavy atom. The predicted octanol–water partition coefficient (Wildman–Crippen LogP) is 12.8. The largest absolute Gasteiger partial charge is 0.228 e. The molecule has 0 saturated carbocycles. The van der Waals surface area contributed by atoms with Crippen LogP contribution in [-0.4, -0.2) is 9.97 Å². The highest BCUT2D eigenvalue weighted by molar-refractivity contribution is 8.18. The van der Waals surface area contributed by atoms with Crippen LogP contribution in [0.25, 0.3) is 39.5 Å². The highest BCUT2D eigenvalue weighted by Crippen LogP contribution is 2.69. The molecule has 256 valence electrons. The van der Waals surface area contributed by atoms with Crippen LogP contribution in [0.5, 0.6) is 0 Å². The second-order valence-electron chi connectivity index (χ2n) is 13.9. The highest BCUT2D eigenvalue weighted by atomic mass is 32.2. The van der Waals surface area contributed by atoms with Crippen molar-refractivity contribution >= 4 is 16.5 Å². The third-order valence-electron chi connectivity index (χ3n) is 10.6. The Hall–Kier alpha value is -6.03. The average Bonchev–Trinajstić information content (AvgIpc) is 3.99. The third kappa shape index (κ3) is 6.39. The maximum atomic E-state index is 5.10. The van der Waals surface area contributed by atoms with Crippen molar-refractivity contribution < 1.29 is 0 Å². The Labute approximate surface area is 315 Å². The van der Waals surface area contributed by atoms with Crippen LogP contribution in [0.2, 0.25) is 0 Å². The summed E-state index contributed by atoms with van der Waals surface area (Å²) in [4.78, 5) is 12.9. The third-order valence-corrected chi connectivity index (χ3v) is 13.6. The first-order valence-corrected chi connectivity index (χ1v) is 19.7. The van der Waals surface area contributed by atoms with Crippen molar-refractivity contribution in [1.29, 1.82) is 0 Å². The maximum absolute atomic E-state index is 5.10. The number of fused-ring (bicyclic) bond motifs is 1. The first kappa shape index (κ1) is 32.8. The van der Waals surface area contributed by atoms with E-state index in [0.717, 1.165) is 40.3 Å². The lowest BCUT2D eigenvalue weighted by Crippen LogP contribution is -2.23. The summed E-state index contributed by atoms with van der Waals surface area (Å²) < 4.78 is -0.158. The Bertz CT molecular complexity index is 2380. The molecule has 0 amide bonds. The minimum Gasteiger partial charge on any atom is -0.228 e. The van der Waals surface area contributed by atoms with Gasteiger partial charge in [0.2, 0.25) is 0 Å². The second-order valence-corrected chi connectivity index (χ2v) is 16.5. The number of benzene rings is 6. The van der Waals surface area contributed by atoms with Crippen molar-refractivity contribution in [2.75, 3.05) is 0 Å². The van der Waals surface area contributed by atoms with Crippen molar-refractivity contribution in [2.24, 2.45) is 5.92 Å². The smallest absolute Gasteiger partial charge is 0.160 e. The fourth-order valence-corrected chi connectivity index (χ4v) is 11.2. The Morgan fingerprint density at radius 2 is 1.02 bits per heavy atom.